The Bertz CT molecular complexity index is 1150. The van der Waals surface area contributed by atoms with Crippen molar-refractivity contribution in [1.82, 2.24) is 15.0 Å². The van der Waals surface area contributed by atoms with Gasteiger partial charge in [0.1, 0.15) is 30.5 Å². The number of sulfonamides is 1. The molecule has 4 N–H and O–H groups in total. The van der Waals surface area contributed by atoms with E-state index >= 15 is 0 Å². The number of benzene rings is 1. The van der Waals surface area contributed by atoms with Crippen molar-refractivity contribution in [2.24, 2.45) is 5.14 Å². The van der Waals surface area contributed by atoms with E-state index < -0.39 is 28.4 Å². The Morgan fingerprint density at radius 1 is 0.933 bits per heavy atom. The molecule has 0 saturated heterocycles. The van der Waals surface area contributed by atoms with Crippen molar-refractivity contribution in [3.8, 4) is 0 Å². The highest BCUT2D eigenvalue weighted by Crippen LogP contribution is 2.29. The SMILES string of the molecule is NS(=O)(=O)c1ccc(CF)c(Nc2cc(Nc3ccc(C(F)(F)F)cn3)ncn2)c1. The third kappa shape index (κ3) is 5.18. The summed E-state index contributed by atoms with van der Waals surface area (Å²) in [6, 6.07) is 6.99. The maximum atomic E-state index is 13.2. The molecule has 0 spiro atoms. The number of halogens is 4. The largest absolute Gasteiger partial charge is 0.417 e. The van der Waals surface area contributed by atoms with Gasteiger partial charge in [0.2, 0.25) is 10.0 Å². The molecule has 2 heterocycles. The first-order valence-electron chi connectivity index (χ1n) is 8.17. The Morgan fingerprint density at radius 2 is 1.63 bits per heavy atom. The average molecular weight is 442 g/mol. The molecule has 0 aliphatic rings. The van der Waals surface area contributed by atoms with E-state index in [1.165, 1.54) is 18.2 Å². The Balaban J connectivity index is 1.83. The first-order valence-corrected chi connectivity index (χ1v) is 9.72. The summed E-state index contributed by atoms with van der Waals surface area (Å²) in [5.74, 6) is 0.457. The molecule has 2 aromatic heterocycles. The zero-order valence-corrected chi connectivity index (χ0v) is 15.8. The van der Waals surface area contributed by atoms with E-state index in [4.69, 9.17) is 5.14 Å². The number of nitrogens with one attached hydrogen (secondary N) is 2. The van der Waals surface area contributed by atoms with E-state index in [0.717, 1.165) is 24.5 Å². The summed E-state index contributed by atoms with van der Waals surface area (Å²) in [5, 5.41) is 10.6. The van der Waals surface area contributed by atoms with Crippen molar-refractivity contribution in [3.05, 3.63) is 60.0 Å². The first kappa shape index (κ1) is 21.4. The topological polar surface area (TPSA) is 123 Å². The fraction of sp³-hybridized carbons (Fsp3) is 0.118. The van der Waals surface area contributed by atoms with Gasteiger partial charge in [-0.15, -0.1) is 0 Å². The van der Waals surface area contributed by atoms with E-state index in [1.54, 1.807) is 0 Å². The van der Waals surface area contributed by atoms with E-state index in [2.05, 4.69) is 25.6 Å². The molecule has 0 saturated carbocycles. The van der Waals surface area contributed by atoms with Gasteiger partial charge in [0.05, 0.1) is 10.5 Å². The third-order valence-corrected chi connectivity index (χ3v) is 4.74. The van der Waals surface area contributed by atoms with Gasteiger partial charge in [-0.1, -0.05) is 6.07 Å². The molecule has 0 radical (unpaired) electrons. The van der Waals surface area contributed by atoms with Crippen LogP contribution in [-0.4, -0.2) is 23.4 Å². The molecule has 3 rings (SSSR count). The van der Waals surface area contributed by atoms with Crippen molar-refractivity contribution < 1.29 is 26.0 Å². The van der Waals surface area contributed by atoms with Crippen LogP contribution in [0.25, 0.3) is 0 Å². The third-order valence-electron chi connectivity index (χ3n) is 3.83. The standard InChI is InChI=1S/C17H14F4N6O2S/c18-7-10-1-3-12(30(22,28)29)5-13(10)26-15-6-16(25-9-24-15)27-14-4-2-11(8-23-14)17(19,20)21/h1-6,8-9H,7H2,(H2,22,28,29)(H2,23,24,25,26,27). The molecule has 158 valence electrons. The quantitative estimate of drug-likeness (QED) is 0.500. The van der Waals surface area contributed by atoms with Crippen LogP contribution in [0.2, 0.25) is 0 Å². The van der Waals surface area contributed by atoms with Crippen LogP contribution in [0.15, 0.2) is 53.8 Å². The number of nitrogens with two attached hydrogens (primary N) is 1. The second-order valence-electron chi connectivity index (χ2n) is 5.97. The van der Waals surface area contributed by atoms with Gasteiger partial charge in [0.15, 0.2) is 0 Å². The maximum Gasteiger partial charge on any atom is 0.417 e. The fourth-order valence-electron chi connectivity index (χ4n) is 2.36. The molecule has 0 aliphatic carbocycles. The van der Waals surface area contributed by atoms with Crippen molar-refractivity contribution in [2.75, 3.05) is 10.6 Å². The summed E-state index contributed by atoms with van der Waals surface area (Å²) in [6.45, 7) is -0.876. The Kier molecular flexibility index (Phi) is 5.85. The molecule has 8 nitrogen and oxygen atoms in total. The minimum atomic E-state index is -4.50. The van der Waals surface area contributed by atoms with Crippen molar-refractivity contribution in [2.45, 2.75) is 17.7 Å². The molecule has 1 aromatic carbocycles. The van der Waals surface area contributed by atoms with Gasteiger partial charge in [-0.3, -0.25) is 0 Å². The van der Waals surface area contributed by atoms with Crippen LogP contribution >= 0.6 is 0 Å². The lowest BCUT2D eigenvalue weighted by Gasteiger charge is -2.12. The van der Waals surface area contributed by atoms with Crippen molar-refractivity contribution in [3.63, 3.8) is 0 Å². The van der Waals surface area contributed by atoms with E-state index in [1.807, 2.05) is 0 Å². The second kappa shape index (κ2) is 8.20. The summed E-state index contributed by atoms with van der Waals surface area (Å²) in [4.78, 5) is 11.3. The lowest BCUT2D eigenvalue weighted by atomic mass is 10.2. The highest BCUT2D eigenvalue weighted by Gasteiger charge is 2.30. The van der Waals surface area contributed by atoms with Crippen LogP contribution in [0.5, 0.6) is 0 Å². The highest BCUT2D eigenvalue weighted by molar-refractivity contribution is 7.89. The van der Waals surface area contributed by atoms with Crippen LogP contribution in [0.3, 0.4) is 0 Å². The second-order valence-corrected chi connectivity index (χ2v) is 7.53. The maximum absolute atomic E-state index is 13.2. The number of hydrogen-bond acceptors (Lipinski definition) is 7. The van der Waals surface area contributed by atoms with E-state index in [0.29, 0.717) is 6.20 Å². The molecule has 0 amide bonds. The monoisotopic (exact) mass is 442 g/mol. The number of primary sulfonamides is 1. The lowest BCUT2D eigenvalue weighted by molar-refractivity contribution is -0.137. The normalized spacial score (nSPS) is 11.9. The van der Waals surface area contributed by atoms with E-state index in [9.17, 15) is 26.0 Å². The van der Waals surface area contributed by atoms with Gasteiger partial charge < -0.3 is 10.6 Å². The molecular formula is C17H14F4N6O2S. The van der Waals surface area contributed by atoms with Gasteiger partial charge in [-0.25, -0.2) is 32.9 Å². The van der Waals surface area contributed by atoms with Crippen LogP contribution < -0.4 is 15.8 Å². The van der Waals surface area contributed by atoms with E-state index in [-0.39, 0.29) is 33.6 Å². The van der Waals surface area contributed by atoms with Crippen molar-refractivity contribution in [1.29, 1.82) is 0 Å². The molecule has 0 bridgehead atoms. The summed E-state index contributed by atoms with van der Waals surface area (Å²) < 4.78 is 74.1. The number of alkyl halides is 4. The molecule has 13 heteroatoms. The van der Waals surface area contributed by atoms with Gasteiger partial charge in [0, 0.05) is 23.5 Å². The smallest absolute Gasteiger partial charge is 0.340 e. The summed E-state index contributed by atoms with van der Waals surface area (Å²) in [7, 11) is -4.00. The van der Waals surface area contributed by atoms with Crippen LogP contribution in [0.4, 0.5) is 40.7 Å². The minimum Gasteiger partial charge on any atom is -0.340 e. The molecule has 0 atom stereocenters. The molecule has 0 fully saturated rings. The molecular weight excluding hydrogens is 428 g/mol. The molecule has 0 unspecified atom stereocenters. The Labute approximate surface area is 168 Å². The van der Waals surface area contributed by atoms with Gasteiger partial charge in [0.25, 0.3) is 0 Å². The number of rotatable bonds is 6. The number of anilines is 4. The summed E-state index contributed by atoms with van der Waals surface area (Å²) in [5.41, 5.74) is -0.604. The minimum absolute atomic E-state index is 0.105. The van der Waals surface area contributed by atoms with Gasteiger partial charge in [-0.2, -0.15) is 13.2 Å². The summed E-state index contributed by atoms with van der Waals surface area (Å²) in [6.07, 6.45) is -2.68. The lowest BCUT2D eigenvalue weighted by Crippen LogP contribution is -2.12. The molecule has 3 aromatic rings. The number of pyridine rings is 1. The molecule has 0 aliphatic heterocycles. The Morgan fingerprint density at radius 3 is 2.20 bits per heavy atom. The number of aromatic nitrogens is 3. The fourth-order valence-corrected chi connectivity index (χ4v) is 2.90. The number of nitrogens with zero attached hydrogens (tertiary/aromatic N) is 3. The predicted octanol–water partition coefficient (Wildman–Crippen LogP) is 3.49. The van der Waals surface area contributed by atoms with Crippen LogP contribution in [0, 0.1) is 0 Å². The first-order chi connectivity index (χ1) is 14.1. The zero-order valence-electron chi connectivity index (χ0n) is 15.0. The van der Waals surface area contributed by atoms with Gasteiger partial charge in [-0.05, 0) is 24.3 Å². The predicted molar refractivity (Wildman–Crippen MR) is 100 cm³/mol. The van der Waals surface area contributed by atoms with Crippen LogP contribution in [-0.2, 0) is 22.9 Å². The zero-order chi connectivity index (χ0) is 21.9. The highest BCUT2D eigenvalue weighted by atomic mass is 32.2. The summed E-state index contributed by atoms with van der Waals surface area (Å²) >= 11 is 0. The molecule has 30 heavy (non-hydrogen) atoms. The van der Waals surface area contributed by atoms with Gasteiger partial charge >= 0.3 is 6.18 Å². The number of hydrogen-bond donors (Lipinski definition) is 3. The Hall–Kier alpha value is -3.32. The average Bonchev–Trinajstić information content (AvgIpc) is 2.67. The van der Waals surface area contributed by atoms with Crippen LogP contribution in [0.1, 0.15) is 11.1 Å². The van der Waals surface area contributed by atoms with Crippen molar-refractivity contribution >= 4 is 33.2 Å².